The van der Waals surface area contributed by atoms with E-state index in [0.29, 0.717) is 16.4 Å². The van der Waals surface area contributed by atoms with Crippen molar-refractivity contribution in [3.63, 3.8) is 0 Å². The fraction of sp³-hybridized carbons (Fsp3) is 0.312. The number of hydrogen-bond acceptors (Lipinski definition) is 6. The number of nitrogens with zero attached hydrogens (tertiary/aromatic N) is 1. The van der Waals surface area contributed by atoms with E-state index in [-0.39, 0.29) is 11.7 Å². The van der Waals surface area contributed by atoms with Gasteiger partial charge in [0.25, 0.3) is 0 Å². The Kier molecular flexibility index (Phi) is 6.74. The highest BCUT2D eigenvalue weighted by Gasteiger charge is 2.34. The highest BCUT2D eigenvalue weighted by atomic mass is 32.2. The van der Waals surface area contributed by atoms with Crippen molar-refractivity contribution in [2.24, 2.45) is 0 Å². The molecule has 0 amide bonds. The summed E-state index contributed by atoms with van der Waals surface area (Å²) in [7, 11) is 0. The molecule has 4 N–H and O–H groups in total. The third-order valence-electron chi connectivity index (χ3n) is 3.45. The van der Waals surface area contributed by atoms with Gasteiger partial charge in [-0.2, -0.15) is 24.9 Å². The van der Waals surface area contributed by atoms with Crippen LogP contribution in [-0.4, -0.2) is 23.0 Å². The van der Waals surface area contributed by atoms with Crippen LogP contribution in [0.5, 0.6) is 0 Å². The zero-order chi connectivity index (χ0) is 18.4. The average Bonchev–Trinajstić information content (AvgIpc) is 3.00. The summed E-state index contributed by atoms with van der Waals surface area (Å²) in [4.78, 5) is 4.03. The molecule has 0 saturated heterocycles. The fourth-order valence-corrected chi connectivity index (χ4v) is 3.19. The summed E-state index contributed by atoms with van der Waals surface area (Å²) in [6.45, 7) is 3.70. The number of hydrogen-bond donors (Lipinski definition) is 3. The second-order valence-electron chi connectivity index (χ2n) is 5.22. The van der Waals surface area contributed by atoms with Crippen molar-refractivity contribution >= 4 is 33.9 Å². The topological polar surface area (TPSA) is 63.0 Å². The molecule has 0 spiro atoms. The Morgan fingerprint density at radius 3 is 2.76 bits per heavy atom. The molecular formula is C16H19F3N4S2. The number of benzene rings is 1. The first-order valence-corrected chi connectivity index (χ1v) is 9.68. The van der Waals surface area contributed by atoms with E-state index < -0.39 is 11.7 Å². The van der Waals surface area contributed by atoms with Gasteiger partial charge < -0.3 is 11.2 Å². The average molecular weight is 388 g/mol. The lowest BCUT2D eigenvalue weighted by molar-refractivity contribution is -0.136. The third kappa shape index (κ3) is 5.38. The molecule has 1 aromatic carbocycles. The zero-order valence-corrected chi connectivity index (χ0v) is 15.2. The van der Waals surface area contributed by atoms with Gasteiger partial charge in [-0.1, -0.05) is 12.1 Å². The Morgan fingerprint density at radius 2 is 2.20 bits per heavy atom. The zero-order valence-electron chi connectivity index (χ0n) is 13.6. The highest BCUT2D eigenvalue weighted by Crippen LogP contribution is 2.37. The predicted molar refractivity (Wildman–Crippen MR) is 101 cm³/mol. The predicted octanol–water partition coefficient (Wildman–Crippen LogP) is 4.64. The van der Waals surface area contributed by atoms with Crippen molar-refractivity contribution in [1.82, 2.24) is 10.4 Å². The molecule has 1 atom stereocenters. The first kappa shape index (κ1) is 19.6. The maximum absolute atomic E-state index is 13.4. The molecule has 25 heavy (non-hydrogen) atoms. The van der Waals surface area contributed by atoms with Crippen LogP contribution in [0.3, 0.4) is 0 Å². The molecule has 0 saturated carbocycles. The number of hydrazine groups is 1. The lowest BCUT2D eigenvalue weighted by Gasteiger charge is -2.20. The van der Waals surface area contributed by atoms with Crippen molar-refractivity contribution < 1.29 is 13.2 Å². The maximum Gasteiger partial charge on any atom is 0.418 e. The Bertz CT molecular complexity index is 716. The van der Waals surface area contributed by atoms with E-state index in [1.807, 2.05) is 6.26 Å². The van der Waals surface area contributed by atoms with Gasteiger partial charge in [0.2, 0.25) is 0 Å². The molecule has 0 aliphatic carbocycles. The Balaban J connectivity index is 2.24. The van der Waals surface area contributed by atoms with Crippen LogP contribution in [0.1, 0.15) is 12.0 Å². The number of thioether (sulfide) groups is 1. The number of nitrogen functional groups attached to an aromatic ring is 1. The van der Waals surface area contributed by atoms with Gasteiger partial charge in [-0.05, 0) is 30.6 Å². The molecule has 0 aliphatic rings. The van der Waals surface area contributed by atoms with E-state index in [1.54, 1.807) is 29.3 Å². The number of thiazole rings is 1. The number of halogens is 3. The Hall–Kier alpha value is -1.71. The highest BCUT2D eigenvalue weighted by molar-refractivity contribution is 7.98. The summed E-state index contributed by atoms with van der Waals surface area (Å²) in [6.07, 6.45) is -0.0953. The molecule has 1 aromatic heterocycles. The summed E-state index contributed by atoms with van der Waals surface area (Å²) in [5.74, 6) is 0.877. The summed E-state index contributed by atoms with van der Waals surface area (Å²) < 4.78 is 40.3. The number of nitrogens with two attached hydrogens (primary N) is 1. The van der Waals surface area contributed by atoms with Gasteiger partial charge in [-0.15, -0.1) is 17.9 Å². The van der Waals surface area contributed by atoms with Crippen molar-refractivity contribution in [3.8, 4) is 11.3 Å². The second kappa shape index (κ2) is 8.59. The summed E-state index contributed by atoms with van der Waals surface area (Å²) in [6, 6.07) is 3.91. The van der Waals surface area contributed by atoms with Gasteiger partial charge in [0.05, 0.1) is 16.9 Å². The van der Waals surface area contributed by atoms with E-state index in [0.717, 1.165) is 18.2 Å². The Labute approximate surface area is 152 Å². The van der Waals surface area contributed by atoms with Crippen LogP contribution >= 0.6 is 23.1 Å². The maximum atomic E-state index is 13.4. The number of nitrogens with one attached hydrogen (secondary N) is 2. The summed E-state index contributed by atoms with van der Waals surface area (Å²) in [5.41, 5.74) is 11.1. The quantitative estimate of drug-likeness (QED) is 0.454. The van der Waals surface area contributed by atoms with Gasteiger partial charge >= 0.3 is 6.18 Å². The summed E-state index contributed by atoms with van der Waals surface area (Å²) >= 11 is 2.85. The van der Waals surface area contributed by atoms with Crippen LogP contribution in [-0.2, 0) is 6.18 Å². The monoisotopic (exact) mass is 388 g/mol. The third-order valence-corrected chi connectivity index (χ3v) is 4.77. The van der Waals surface area contributed by atoms with Gasteiger partial charge in [-0.3, -0.25) is 0 Å². The van der Waals surface area contributed by atoms with Crippen LogP contribution in [0.4, 0.5) is 24.0 Å². The lowest BCUT2D eigenvalue weighted by Crippen LogP contribution is -2.33. The van der Waals surface area contributed by atoms with E-state index in [1.165, 1.54) is 17.4 Å². The SMILES string of the molecule is C=C[C@H](CCSC)NNc1ccc(-c2csc(N)n2)cc1C(F)(F)F. The van der Waals surface area contributed by atoms with E-state index in [4.69, 9.17) is 5.73 Å². The van der Waals surface area contributed by atoms with Gasteiger partial charge in [-0.25, -0.2) is 10.4 Å². The molecule has 0 aliphatic heterocycles. The van der Waals surface area contributed by atoms with Crippen molar-refractivity contribution in [3.05, 3.63) is 41.8 Å². The van der Waals surface area contributed by atoms with Crippen LogP contribution in [0, 0.1) is 0 Å². The van der Waals surface area contributed by atoms with Crippen molar-refractivity contribution in [1.29, 1.82) is 0 Å². The minimum Gasteiger partial charge on any atom is -0.375 e. The van der Waals surface area contributed by atoms with Crippen molar-refractivity contribution in [2.75, 3.05) is 23.2 Å². The molecule has 9 heteroatoms. The van der Waals surface area contributed by atoms with Crippen molar-refractivity contribution in [2.45, 2.75) is 18.6 Å². The minimum absolute atomic E-state index is 0.0459. The molecule has 0 fully saturated rings. The van der Waals surface area contributed by atoms with E-state index in [2.05, 4.69) is 22.4 Å². The molecule has 0 bridgehead atoms. The van der Waals surface area contributed by atoms with Gasteiger partial charge in [0, 0.05) is 17.0 Å². The first-order chi connectivity index (χ1) is 11.8. The van der Waals surface area contributed by atoms with E-state index in [9.17, 15) is 13.2 Å². The van der Waals surface area contributed by atoms with Crippen LogP contribution in [0.25, 0.3) is 11.3 Å². The molecule has 136 valence electrons. The van der Waals surface area contributed by atoms with Gasteiger partial charge in [0.15, 0.2) is 5.13 Å². The molecule has 0 unspecified atom stereocenters. The molecule has 2 rings (SSSR count). The van der Waals surface area contributed by atoms with Gasteiger partial charge in [0.1, 0.15) is 0 Å². The fourth-order valence-electron chi connectivity index (χ4n) is 2.13. The minimum atomic E-state index is -4.50. The number of alkyl halides is 3. The van der Waals surface area contributed by atoms with Crippen LogP contribution < -0.4 is 16.6 Å². The second-order valence-corrected chi connectivity index (χ2v) is 7.10. The standard InChI is InChI=1S/C16H19F3N4S2/c1-3-11(6-7-24-2)22-23-13-5-4-10(8-12(13)16(17,18)19)14-9-25-15(20)21-14/h3-5,8-9,11,22-23H,1,6-7H2,2H3,(H2,20,21)/t11-/m1/s1. The van der Waals surface area contributed by atoms with E-state index >= 15 is 0 Å². The van der Waals surface area contributed by atoms with Crippen LogP contribution in [0.2, 0.25) is 0 Å². The molecule has 2 aromatic rings. The first-order valence-electron chi connectivity index (χ1n) is 7.40. The smallest absolute Gasteiger partial charge is 0.375 e. The summed E-state index contributed by atoms with van der Waals surface area (Å²) in [5, 5.41) is 1.95. The largest absolute Gasteiger partial charge is 0.418 e. The number of rotatable bonds is 8. The Morgan fingerprint density at radius 1 is 1.44 bits per heavy atom. The molecular weight excluding hydrogens is 369 g/mol. The number of anilines is 2. The van der Waals surface area contributed by atoms with Crippen LogP contribution in [0.15, 0.2) is 36.2 Å². The normalized spacial score (nSPS) is 12.8. The number of aromatic nitrogens is 1. The molecule has 1 heterocycles. The molecule has 4 nitrogen and oxygen atoms in total. The lowest BCUT2D eigenvalue weighted by atomic mass is 10.1. The molecule has 0 radical (unpaired) electrons.